The summed E-state index contributed by atoms with van der Waals surface area (Å²) in [5, 5.41) is 10.7. The van der Waals surface area contributed by atoms with Gasteiger partial charge in [-0.2, -0.15) is 0 Å². The molecule has 0 saturated heterocycles. The molecule has 24 heavy (non-hydrogen) atoms. The third kappa shape index (κ3) is 1.91. The minimum Gasteiger partial charge on any atom is -0.468 e. The maximum Gasteiger partial charge on any atom is 0.338 e. The monoisotopic (exact) mass is 330 g/mol. The van der Waals surface area contributed by atoms with Gasteiger partial charge in [0, 0.05) is 5.41 Å². The molecule has 5 nitrogen and oxygen atoms in total. The molecule has 0 aliphatic heterocycles. The van der Waals surface area contributed by atoms with Gasteiger partial charge in [0.2, 0.25) is 0 Å². The van der Waals surface area contributed by atoms with Crippen LogP contribution >= 0.6 is 0 Å². The van der Waals surface area contributed by atoms with Gasteiger partial charge in [-0.3, -0.25) is 4.79 Å². The number of hydrogen-bond acceptors (Lipinski definition) is 5. The number of aliphatic hydroxyl groups excluding tert-OH is 1. The molecule has 1 fully saturated rings. The Kier molecular flexibility index (Phi) is 3.79. The summed E-state index contributed by atoms with van der Waals surface area (Å²) in [7, 11) is 2.62. The molecule has 5 heteroatoms. The van der Waals surface area contributed by atoms with Crippen molar-refractivity contribution >= 4 is 17.5 Å². The van der Waals surface area contributed by atoms with Crippen LogP contribution in [-0.4, -0.2) is 37.4 Å². The minimum absolute atomic E-state index is 0.377. The Bertz CT molecular complexity index is 750. The number of hydrogen-bond donors (Lipinski definition) is 1. The molecule has 2 aliphatic carbocycles. The van der Waals surface area contributed by atoms with E-state index in [1.54, 1.807) is 6.92 Å². The number of methoxy groups -OCH3 is 2. The van der Waals surface area contributed by atoms with Gasteiger partial charge in [-0.15, -0.1) is 0 Å². The highest BCUT2D eigenvalue weighted by atomic mass is 16.5. The molecule has 128 valence electrons. The van der Waals surface area contributed by atoms with Crippen molar-refractivity contribution in [3.8, 4) is 0 Å². The van der Waals surface area contributed by atoms with E-state index in [1.165, 1.54) is 14.2 Å². The number of carbonyl (C=O) groups is 2. The largest absolute Gasteiger partial charge is 0.468 e. The fourth-order valence-corrected chi connectivity index (χ4v) is 4.46. The Hall–Kier alpha value is -2.14. The second kappa shape index (κ2) is 5.45. The van der Waals surface area contributed by atoms with Gasteiger partial charge in [0.15, 0.2) is 0 Å². The van der Waals surface area contributed by atoms with Crippen LogP contribution in [0.5, 0.6) is 0 Å². The van der Waals surface area contributed by atoms with Crippen molar-refractivity contribution in [2.45, 2.75) is 38.2 Å². The van der Waals surface area contributed by atoms with E-state index < -0.39 is 28.9 Å². The first-order valence-electron chi connectivity index (χ1n) is 8.02. The number of benzene rings is 1. The number of aliphatic hydroxyl groups is 1. The third-order valence-electron chi connectivity index (χ3n) is 5.70. The molecular formula is C19H22O5. The highest BCUT2D eigenvalue weighted by molar-refractivity contribution is 6.21. The van der Waals surface area contributed by atoms with Gasteiger partial charge in [-0.1, -0.05) is 31.2 Å². The van der Waals surface area contributed by atoms with Crippen molar-refractivity contribution in [3.05, 3.63) is 41.0 Å². The molecule has 0 aromatic heterocycles. The summed E-state index contributed by atoms with van der Waals surface area (Å²) in [4.78, 5) is 25.2. The zero-order chi connectivity index (χ0) is 17.7. The molecule has 1 aromatic rings. The predicted molar refractivity (Wildman–Crippen MR) is 88.1 cm³/mol. The molecule has 0 heterocycles. The van der Waals surface area contributed by atoms with E-state index in [9.17, 15) is 14.7 Å². The van der Waals surface area contributed by atoms with Gasteiger partial charge in [0.05, 0.1) is 25.9 Å². The number of carbonyl (C=O) groups excluding carboxylic acids is 2. The summed E-state index contributed by atoms with van der Waals surface area (Å²) in [5.41, 5.74) is 0.941. The summed E-state index contributed by atoms with van der Waals surface area (Å²) < 4.78 is 9.99. The Morgan fingerprint density at radius 2 is 1.83 bits per heavy atom. The number of fused-ring (bicyclic) bond motifs is 3. The normalized spacial score (nSPS) is 31.3. The first kappa shape index (κ1) is 16.7. The molecule has 1 N–H and O–H groups in total. The lowest BCUT2D eigenvalue weighted by atomic mass is 9.57. The molecular weight excluding hydrogens is 308 g/mol. The average molecular weight is 330 g/mol. The van der Waals surface area contributed by atoms with Crippen LogP contribution in [0.2, 0.25) is 0 Å². The van der Waals surface area contributed by atoms with Crippen molar-refractivity contribution < 1.29 is 24.2 Å². The molecule has 0 radical (unpaired) electrons. The molecule has 0 unspecified atom stereocenters. The number of esters is 2. The van der Waals surface area contributed by atoms with E-state index in [2.05, 4.69) is 0 Å². The summed E-state index contributed by atoms with van der Waals surface area (Å²) in [6.45, 7) is 3.68. The van der Waals surface area contributed by atoms with Crippen LogP contribution in [0.1, 0.15) is 37.8 Å². The van der Waals surface area contributed by atoms with Crippen LogP contribution in [0.15, 0.2) is 29.8 Å². The first-order valence-corrected chi connectivity index (χ1v) is 8.02. The Morgan fingerprint density at radius 3 is 2.46 bits per heavy atom. The molecule has 3 rings (SSSR count). The number of ether oxygens (including phenoxy) is 2. The highest BCUT2D eigenvalue weighted by Gasteiger charge is 2.60. The van der Waals surface area contributed by atoms with Crippen LogP contribution < -0.4 is 0 Å². The zero-order valence-electron chi connectivity index (χ0n) is 14.4. The number of rotatable bonds is 2. The summed E-state index contributed by atoms with van der Waals surface area (Å²) in [6, 6.07) is 7.61. The molecule has 3 atom stereocenters. The topological polar surface area (TPSA) is 72.8 Å². The Labute approximate surface area is 141 Å². The van der Waals surface area contributed by atoms with Crippen LogP contribution in [0.3, 0.4) is 0 Å². The second-order valence-electron chi connectivity index (χ2n) is 6.87. The lowest BCUT2D eigenvalue weighted by molar-refractivity contribution is -0.158. The van der Waals surface area contributed by atoms with E-state index in [0.29, 0.717) is 24.0 Å². The van der Waals surface area contributed by atoms with Crippen LogP contribution in [0.4, 0.5) is 0 Å². The lowest BCUT2D eigenvalue weighted by Crippen LogP contribution is -2.51. The van der Waals surface area contributed by atoms with E-state index in [4.69, 9.17) is 9.47 Å². The fourth-order valence-electron chi connectivity index (χ4n) is 4.46. The molecule has 0 bridgehead atoms. The zero-order valence-corrected chi connectivity index (χ0v) is 14.4. The molecule has 1 saturated carbocycles. The van der Waals surface area contributed by atoms with Gasteiger partial charge in [0.1, 0.15) is 5.41 Å². The smallest absolute Gasteiger partial charge is 0.338 e. The van der Waals surface area contributed by atoms with E-state index in [1.807, 2.05) is 31.2 Å². The van der Waals surface area contributed by atoms with Crippen LogP contribution in [0, 0.1) is 5.41 Å². The van der Waals surface area contributed by atoms with Gasteiger partial charge in [0.25, 0.3) is 0 Å². The third-order valence-corrected chi connectivity index (χ3v) is 5.70. The van der Waals surface area contributed by atoms with Gasteiger partial charge < -0.3 is 14.6 Å². The molecule has 0 spiro atoms. The molecule has 0 amide bonds. The van der Waals surface area contributed by atoms with Crippen molar-refractivity contribution in [1.29, 1.82) is 0 Å². The van der Waals surface area contributed by atoms with Crippen molar-refractivity contribution in [1.82, 2.24) is 0 Å². The summed E-state index contributed by atoms with van der Waals surface area (Å²) in [5.74, 6) is -1.03. The van der Waals surface area contributed by atoms with Crippen molar-refractivity contribution in [3.63, 3.8) is 0 Å². The van der Waals surface area contributed by atoms with Crippen LogP contribution in [0.25, 0.3) is 5.57 Å². The van der Waals surface area contributed by atoms with E-state index in [-0.39, 0.29) is 0 Å². The first-order chi connectivity index (χ1) is 11.3. The SMILES string of the molecule is COC(=O)C1=C2[C@](C)(C(=O)OC)[C@H](O)CC[C@@]2(C)c2ccccc21. The standard InChI is InChI=1S/C19H22O5/c1-18-10-9-13(20)19(2,17(22)24-4)15(18)14(16(21)23-3)11-7-5-6-8-12(11)18/h5-8,13,20H,9-10H2,1-4H3/t13-,18+,19-/m1/s1. The maximum absolute atomic E-state index is 12.6. The fraction of sp³-hybridized carbons (Fsp3) is 0.474. The second-order valence-corrected chi connectivity index (χ2v) is 6.87. The molecule has 2 aliphatic rings. The van der Waals surface area contributed by atoms with Gasteiger partial charge in [-0.25, -0.2) is 4.79 Å². The summed E-state index contributed by atoms with van der Waals surface area (Å²) >= 11 is 0. The van der Waals surface area contributed by atoms with Crippen LogP contribution in [-0.2, 0) is 24.5 Å². The van der Waals surface area contributed by atoms with E-state index >= 15 is 0 Å². The van der Waals surface area contributed by atoms with Gasteiger partial charge >= 0.3 is 11.9 Å². The maximum atomic E-state index is 12.6. The minimum atomic E-state index is -1.29. The van der Waals surface area contributed by atoms with Crippen molar-refractivity contribution in [2.24, 2.45) is 5.41 Å². The lowest BCUT2D eigenvalue weighted by Gasteiger charge is -2.46. The Balaban J connectivity index is 2.38. The Morgan fingerprint density at radius 1 is 1.17 bits per heavy atom. The average Bonchev–Trinajstić information content (AvgIpc) is 2.87. The molecule has 1 aromatic carbocycles. The quantitative estimate of drug-likeness (QED) is 0.842. The predicted octanol–water partition coefficient (Wildman–Crippen LogP) is 2.22. The summed E-state index contributed by atoms with van der Waals surface area (Å²) in [6.07, 6.45) is 0.184. The van der Waals surface area contributed by atoms with E-state index in [0.717, 1.165) is 11.1 Å². The highest BCUT2D eigenvalue weighted by Crippen LogP contribution is 2.60. The van der Waals surface area contributed by atoms with Crippen molar-refractivity contribution in [2.75, 3.05) is 14.2 Å². The van der Waals surface area contributed by atoms with Gasteiger partial charge in [-0.05, 0) is 36.5 Å².